The molecule has 3 aromatic carbocycles. The summed E-state index contributed by atoms with van der Waals surface area (Å²) in [6.45, 7) is 0. The minimum atomic E-state index is -4.42. The molecule has 31 heavy (non-hydrogen) atoms. The summed E-state index contributed by atoms with van der Waals surface area (Å²) in [5.41, 5.74) is 2.87. The number of hydrogen-bond acceptors (Lipinski definition) is 2. The fourth-order valence-corrected chi connectivity index (χ4v) is 3.21. The highest BCUT2D eigenvalue weighted by molar-refractivity contribution is 6.05. The number of alkyl halides is 3. The first kappa shape index (κ1) is 20.3. The number of nitrogens with zero attached hydrogens (tertiary/aromatic N) is 1. The van der Waals surface area contributed by atoms with Gasteiger partial charge in [-0.3, -0.25) is 9.78 Å². The first-order valence-electron chi connectivity index (χ1n) is 9.50. The maximum Gasteiger partial charge on any atom is 0.416 e. The van der Waals surface area contributed by atoms with Crippen LogP contribution >= 0.6 is 0 Å². The van der Waals surface area contributed by atoms with E-state index in [2.05, 4.69) is 10.3 Å². The smallest absolute Gasteiger partial charge is 0.322 e. The number of carbonyl (C=O) groups excluding carboxylic acids is 1. The highest BCUT2D eigenvalue weighted by Gasteiger charge is 2.30. The Labute approximate surface area is 177 Å². The zero-order valence-electron chi connectivity index (χ0n) is 16.2. The van der Waals surface area contributed by atoms with E-state index >= 15 is 0 Å². The van der Waals surface area contributed by atoms with Crippen molar-refractivity contribution in [3.63, 3.8) is 0 Å². The number of hydrogen-bond donors (Lipinski definition) is 1. The molecule has 0 unspecified atom stereocenters. The van der Waals surface area contributed by atoms with Crippen LogP contribution in [0.1, 0.15) is 15.9 Å². The van der Waals surface area contributed by atoms with E-state index in [1.54, 1.807) is 42.6 Å². The van der Waals surface area contributed by atoms with Gasteiger partial charge in [0.1, 0.15) is 0 Å². The Bertz CT molecular complexity index is 1220. The average molecular weight is 418 g/mol. The zero-order chi connectivity index (χ0) is 21.8. The number of anilines is 1. The molecule has 154 valence electrons. The van der Waals surface area contributed by atoms with Gasteiger partial charge in [0.15, 0.2) is 0 Å². The summed E-state index contributed by atoms with van der Waals surface area (Å²) < 4.78 is 39.0. The summed E-state index contributed by atoms with van der Waals surface area (Å²) in [5.74, 6) is -0.355. The van der Waals surface area contributed by atoms with E-state index in [1.807, 2.05) is 30.3 Å². The summed E-state index contributed by atoms with van der Waals surface area (Å²) in [4.78, 5) is 16.9. The van der Waals surface area contributed by atoms with Crippen molar-refractivity contribution in [3.05, 3.63) is 108 Å². The van der Waals surface area contributed by atoms with Crippen LogP contribution < -0.4 is 5.32 Å². The number of amides is 1. The van der Waals surface area contributed by atoms with Crippen LogP contribution in [-0.4, -0.2) is 10.9 Å². The number of rotatable bonds is 4. The molecule has 1 aromatic heterocycles. The minimum absolute atomic E-state index is 0.355. The lowest BCUT2D eigenvalue weighted by Crippen LogP contribution is -2.12. The largest absolute Gasteiger partial charge is 0.416 e. The van der Waals surface area contributed by atoms with Gasteiger partial charge in [0, 0.05) is 23.6 Å². The molecule has 0 saturated heterocycles. The second kappa shape index (κ2) is 8.44. The van der Waals surface area contributed by atoms with Crippen molar-refractivity contribution in [2.24, 2.45) is 0 Å². The van der Waals surface area contributed by atoms with Crippen LogP contribution in [0.25, 0.3) is 22.3 Å². The topological polar surface area (TPSA) is 42.0 Å². The molecule has 6 heteroatoms. The molecule has 1 N–H and O–H groups in total. The van der Waals surface area contributed by atoms with Crippen molar-refractivity contribution in [2.45, 2.75) is 6.18 Å². The Morgan fingerprint density at radius 2 is 1.39 bits per heavy atom. The number of carbonyl (C=O) groups is 1. The van der Waals surface area contributed by atoms with Crippen LogP contribution in [0.15, 0.2) is 97.3 Å². The van der Waals surface area contributed by atoms with Crippen LogP contribution in [0.4, 0.5) is 18.9 Å². The fraction of sp³-hybridized carbons (Fsp3) is 0.0400. The molecule has 0 bridgehead atoms. The summed E-state index contributed by atoms with van der Waals surface area (Å²) >= 11 is 0. The normalized spacial score (nSPS) is 11.2. The van der Waals surface area contributed by atoms with Gasteiger partial charge in [-0.25, -0.2) is 0 Å². The number of halogens is 3. The van der Waals surface area contributed by atoms with Gasteiger partial charge in [-0.2, -0.15) is 13.2 Å². The number of aromatic nitrogens is 1. The lowest BCUT2D eigenvalue weighted by atomic mass is 10.0. The molecule has 4 aromatic rings. The minimum Gasteiger partial charge on any atom is -0.322 e. The van der Waals surface area contributed by atoms with E-state index in [-0.39, 0.29) is 5.91 Å². The molecule has 0 atom stereocenters. The second-order valence-corrected chi connectivity index (χ2v) is 6.94. The standard InChI is InChI=1S/C25H17F3N2O/c26-25(27,28)22-10-4-8-18(13-22)19-9-5-11-23(14-19)30-24(31)21-12-20(15-29-16-21)17-6-2-1-3-7-17/h1-16H,(H,30,31). The van der Waals surface area contributed by atoms with Gasteiger partial charge < -0.3 is 5.32 Å². The Kier molecular flexibility index (Phi) is 5.54. The van der Waals surface area contributed by atoms with Crippen LogP contribution in [0.3, 0.4) is 0 Å². The molecule has 0 spiro atoms. The maximum atomic E-state index is 13.0. The van der Waals surface area contributed by atoms with E-state index < -0.39 is 11.7 Å². The van der Waals surface area contributed by atoms with Gasteiger partial charge >= 0.3 is 6.18 Å². The third-order valence-corrected chi connectivity index (χ3v) is 4.75. The van der Waals surface area contributed by atoms with Gasteiger partial charge in [0.25, 0.3) is 5.91 Å². The Morgan fingerprint density at radius 3 is 2.13 bits per heavy atom. The van der Waals surface area contributed by atoms with Crippen LogP contribution in [-0.2, 0) is 6.18 Å². The first-order valence-corrected chi connectivity index (χ1v) is 9.50. The molecule has 0 aliphatic carbocycles. The summed E-state index contributed by atoms with van der Waals surface area (Å²) in [6.07, 6.45) is -1.27. The molecule has 0 aliphatic heterocycles. The number of benzene rings is 3. The summed E-state index contributed by atoms with van der Waals surface area (Å²) in [6, 6.07) is 23.1. The average Bonchev–Trinajstić information content (AvgIpc) is 2.79. The van der Waals surface area contributed by atoms with Crippen molar-refractivity contribution in [2.75, 3.05) is 5.32 Å². The van der Waals surface area contributed by atoms with Gasteiger partial charge in [-0.05, 0) is 47.0 Å². The van der Waals surface area contributed by atoms with E-state index in [0.29, 0.717) is 22.4 Å². The fourth-order valence-electron chi connectivity index (χ4n) is 3.21. The third kappa shape index (κ3) is 4.80. The van der Waals surface area contributed by atoms with Crippen molar-refractivity contribution >= 4 is 11.6 Å². The molecule has 4 rings (SSSR count). The lowest BCUT2D eigenvalue weighted by molar-refractivity contribution is -0.137. The van der Waals surface area contributed by atoms with Crippen LogP contribution in [0.5, 0.6) is 0 Å². The van der Waals surface area contributed by atoms with Crippen molar-refractivity contribution in [1.82, 2.24) is 4.98 Å². The highest BCUT2D eigenvalue weighted by Crippen LogP contribution is 2.32. The number of pyridine rings is 1. The molecule has 0 saturated carbocycles. The molecule has 0 aliphatic rings. The van der Waals surface area contributed by atoms with Gasteiger partial charge in [-0.1, -0.05) is 54.6 Å². The van der Waals surface area contributed by atoms with Gasteiger partial charge in [-0.15, -0.1) is 0 Å². The lowest BCUT2D eigenvalue weighted by Gasteiger charge is -2.11. The summed E-state index contributed by atoms with van der Waals surface area (Å²) in [7, 11) is 0. The quantitative estimate of drug-likeness (QED) is 0.401. The molecular weight excluding hydrogens is 401 g/mol. The van der Waals surface area contributed by atoms with Gasteiger partial charge in [0.05, 0.1) is 11.1 Å². The Hall–Kier alpha value is -3.93. The Balaban J connectivity index is 1.57. The molecule has 0 radical (unpaired) electrons. The third-order valence-electron chi connectivity index (χ3n) is 4.75. The first-order chi connectivity index (χ1) is 14.9. The van der Waals surface area contributed by atoms with Crippen LogP contribution in [0, 0.1) is 0 Å². The Morgan fingerprint density at radius 1 is 0.710 bits per heavy atom. The van der Waals surface area contributed by atoms with Crippen molar-refractivity contribution in [3.8, 4) is 22.3 Å². The molecule has 3 nitrogen and oxygen atoms in total. The SMILES string of the molecule is O=C(Nc1cccc(-c2cccc(C(F)(F)F)c2)c1)c1cncc(-c2ccccc2)c1. The van der Waals surface area contributed by atoms with E-state index in [0.717, 1.165) is 23.3 Å². The van der Waals surface area contributed by atoms with E-state index in [9.17, 15) is 18.0 Å². The van der Waals surface area contributed by atoms with Crippen molar-refractivity contribution in [1.29, 1.82) is 0 Å². The second-order valence-electron chi connectivity index (χ2n) is 6.94. The molecule has 0 fully saturated rings. The zero-order valence-corrected chi connectivity index (χ0v) is 16.2. The molecule has 1 heterocycles. The highest BCUT2D eigenvalue weighted by atomic mass is 19.4. The molecular formula is C25H17F3N2O. The van der Waals surface area contributed by atoms with E-state index in [1.165, 1.54) is 12.3 Å². The summed E-state index contributed by atoms with van der Waals surface area (Å²) in [5, 5.41) is 2.79. The maximum absolute atomic E-state index is 13.0. The monoisotopic (exact) mass is 418 g/mol. The van der Waals surface area contributed by atoms with Crippen LogP contribution in [0.2, 0.25) is 0 Å². The predicted octanol–water partition coefficient (Wildman–Crippen LogP) is 6.69. The number of nitrogens with one attached hydrogen (secondary N) is 1. The molecule has 1 amide bonds. The predicted molar refractivity (Wildman–Crippen MR) is 115 cm³/mol. The van der Waals surface area contributed by atoms with Gasteiger partial charge in [0.2, 0.25) is 0 Å². The van der Waals surface area contributed by atoms with Crippen molar-refractivity contribution < 1.29 is 18.0 Å². The van der Waals surface area contributed by atoms with E-state index in [4.69, 9.17) is 0 Å².